The Balaban J connectivity index is 1.75. The second-order valence-corrected chi connectivity index (χ2v) is 11.3. The van der Waals surface area contributed by atoms with Crippen LogP contribution < -0.4 is 5.32 Å². The Labute approximate surface area is 250 Å². The summed E-state index contributed by atoms with van der Waals surface area (Å²) in [6.45, 7) is 8.61. The summed E-state index contributed by atoms with van der Waals surface area (Å²) in [6, 6.07) is 30.3. The molecule has 0 aliphatic rings. The first-order valence-corrected chi connectivity index (χ1v) is 14.6. The number of benzene rings is 3. The van der Waals surface area contributed by atoms with Gasteiger partial charge in [0.15, 0.2) is 5.13 Å². The minimum Gasteiger partial charge on any atom is -0.461 e. The zero-order valence-corrected chi connectivity index (χ0v) is 25.2. The van der Waals surface area contributed by atoms with Gasteiger partial charge in [-0.1, -0.05) is 96.2 Å². The van der Waals surface area contributed by atoms with Gasteiger partial charge >= 0.3 is 11.9 Å². The molecule has 0 fully saturated rings. The highest BCUT2D eigenvalue weighted by Crippen LogP contribution is 2.40. The van der Waals surface area contributed by atoms with Gasteiger partial charge in [-0.25, -0.2) is 14.6 Å². The summed E-state index contributed by atoms with van der Waals surface area (Å²) in [6.07, 6.45) is -1.05. The maximum absolute atomic E-state index is 12.9. The van der Waals surface area contributed by atoms with E-state index in [2.05, 4.69) is 46.9 Å². The number of nitrogens with zero attached hydrogens (tertiary/aromatic N) is 2. The number of oxime groups is 1. The topological polar surface area (TPSA) is 99.1 Å². The number of ether oxygens (including phenoxy) is 2. The highest BCUT2D eigenvalue weighted by molar-refractivity contribution is 7.14. The fraction of sp³-hybridized carbons (Fsp3) is 0.273. The molecular weight excluding hydrogens is 550 g/mol. The molecule has 0 aliphatic heterocycles. The van der Waals surface area contributed by atoms with Crippen LogP contribution in [0.4, 0.5) is 5.13 Å². The average Bonchev–Trinajstić information content (AvgIpc) is 3.44. The van der Waals surface area contributed by atoms with E-state index in [0.717, 1.165) is 16.7 Å². The van der Waals surface area contributed by atoms with Crippen LogP contribution in [0.5, 0.6) is 0 Å². The van der Waals surface area contributed by atoms with Crippen molar-refractivity contribution in [2.45, 2.75) is 51.9 Å². The van der Waals surface area contributed by atoms with Gasteiger partial charge in [-0.15, -0.1) is 11.3 Å². The molecule has 0 spiro atoms. The van der Waals surface area contributed by atoms with Crippen LogP contribution in [0.2, 0.25) is 0 Å². The van der Waals surface area contributed by atoms with Gasteiger partial charge in [0, 0.05) is 5.38 Å². The summed E-state index contributed by atoms with van der Waals surface area (Å²) in [4.78, 5) is 35.5. The lowest BCUT2D eigenvalue weighted by Crippen LogP contribution is -2.38. The Kier molecular flexibility index (Phi) is 9.75. The highest BCUT2D eigenvalue weighted by Gasteiger charge is 2.37. The molecule has 4 aromatic rings. The molecule has 1 unspecified atom stereocenters. The van der Waals surface area contributed by atoms with Crippen molar-refractivity contribution in [2.24, 2.45) is 5.16 Å². The van der Waals surface area contributed by atoms with Crippen LogP contribution in [0, 0.1) is 0 Å². The van der Waals surface area contributed by atoms with E-state index in [1.165, 1.54) is 18.3 Å². The number of carbonyl (C=O) groups is 2. The van der Waals surface area contributed by atoms with Gasteiger partial charge in [0.25, 0.3) is 0 Å². The average molecular weight is 586 g/mol. The van der Waals surface area contributed by atoms with Crippen molar-refractivity contribution in [2.75, 3.05) is 11.9 Å². The first-order valence-electron chi connectivity index (χ1n) is 13.7. The number of anilines is 1. The number of rotatable bonds is 11. The molecule has 0 radical (unpaired) electrons. The number of carbonyl (C=O) groups excluding carboxylic acids is 2. The van der Waals surface area contributed by atoms with E-state index in [1.54, 1.807) is 33.1 Å². The van der Waals surface area contributed by atoms with Crippen molar-refractivity contribution < 1.29 is 23.9 Å². The fourth-order valence-electron chi connectivity index (χ4n) is 4.33. The summed E-state index contributed by atoms with van der Waals surface area (Å²) in [5.74, 6) is -1.32. The van der Waals surface area contributed by atoms with Crippen LogP contribution in [-0.4, -0.2) is 40.9 Å². The van der Waals surface area contributed by atoms with E-state index in [9.17, 15) is 9.59 Å². The van der Waals surface area contributed by atoms with E-state index in [0.29, 0.717) is 5.13 Å². The third-order valence-electron chi connectivity index (χ3n) is 6.17. The lowest BCUT2D eigenvalue weighted by molar-refractivity contribution is -0.167. The van der Waals surface area contributed by atoms with Crippen LogP contribution in [0.15, 0.2) is 102 Å². The van der Waals surface area contributed by atoms with Crippen molar-refractivity contribution in [3.05, 3.63) is 119 Å². The van der Waals surface area contributed by atoms with Gasteiger partial charge in [0.2, 0.25) is 11.8 Å². The summed E-state index contributed by atoms with van der Waals surface area (Å²) in [5, 5.41) is 9.93. The molecule has 0 saturated carbocycles. The Bertz CT molecular complexity index is 1400. The van der Waals surface area contributed by atoms with E-state index >= 15 is 0 Å². The summed E-state index contributed by atoms with van der Waals surface area (Å²) in [5.41, 5.74) is 1.62. The molecule has 9 heteroatoms. The predicted octanol–water partition coefficient (Wildman–Crippen LogP) is 6.56. The van der Waals surface area contributed by atoms with E-state index in [4.69, 9.17) is 19.3 Å². The first kappa shape index (κ1) is 30.5. The summed E-state index contributed by atoms with van der Waals surface area (Å²) < 4.78 is 10.6. The maximum atomic E-state index is 12.9. The number of nitrogens with one attached hydrogen (secondary N) is 1. The van der Waals surface area contributed by atoms with Crippen molar-refractivity contribution in [3.8, 4) is 0 Å². The second kappa shape index (κ2) is 13.4. The molecule has 1 aromatic heterocycles. The lowest BCUT2D eigenvalue weighted by Gasteiger charge is -2.36. The Morgan fingerprint density at radius 2 is 1.38 bits per heavy atom. The van der Waals surface area contributed by atoms with Crippen LogP contribution >= 0.6 is 11.3 Å². The Hall–Kier alpha value is -4.50. The molecule has 0 amide bonds. The van der Waals surface area contributed by atoms with Crippen LogP contribution in [-0.2, 0) is 29.4 Å². The van der Waals surface area contributed by atoms with Gasteiger partial charge in [-0.2, -0.15) is 0 Å². The molecular formula is C33H35N3O5S. The number of esters is 2. The van der Waals surface area contributed by atoms with Gasteiger partial charge in [0.1, 0.15) is 16.8 Å². The minimum absolute atomic E-state index is 0.133. The van der Waals surface area contributed by atoms with Crippen molar-refractivity contribution >= 4 is 34.1 Å². The minimum atomic E-state index is -1.05. The third kappa shape index (κ3) is 7.22. The Morgan fingerprint density at radius 3 is 1.83 bits per heavy atom. The number of thiazole rings is 1. The molecule has 4 rings (SSSR count). The standard InChI is InChI=1S/C33H35N3O5S/c1-6-39-30(38)28(36-41-23(2)29(37)40-32(3,4)5)27-22-42-31(34-27)35-33(24-16-10-7-11-17-24,25-18-12-8-13-19-25)26-20-14-9-15-21-26/h7-23H,6H2,1-5H3,(H,34,35). The first-order chi connectivity index (χ1) is 20.1. The quantitative estimate of drug-likeness (QED) is 0.0921. The second-order valence-electron chi connectivity index (χ2n) is 10.5. The summed E-state index contributed by atoms with van der Waals surface area (Å²) in [7, 11) is 0. The van der Waals surface area contributed by atoms with Crippen molar-refractivity contribution in [3.63, 3.8) is 0 Å². The van der Waals surface area contributed by atoms with Crippen molar-refractivity contribution in [1.29, 1.82) is 0 Å². The summed E-state index contributed by atoms with van der Waals surface area (Å²) >= 11 is 1.31. The zero-order valence-electron chi connectivity index (χ0n) is 24.4. The van der Waals surface area contributed by atoms with Gasteiger partial charge in [-0.3, -0.25) is 0 Å². The number of hydrogen-bond donors (Lipinski definition) is 1. The molecule has 0 aliphatic carbocycles. The van der Waals surface area contributed by atoms with Gasteiger partial charge in [0.05, 0.1) is 6.61 Å². The molecule has 1 atom stereocenters. The largest absolute Gasteiger partial charge is 0.461 e. The Morgan fingerprint density at radius 1 is 0.881 bits per heavy atom. The molecule has 1 N–H and O–H groups in total. The highest BCUT2D eigenvalue weighted by atomic mass is 32.1. The molecule has 218 valence electrons. The lowest BCUT2D eigenvalue weighted by atomic mass is 9.77. The van der Waals surface area contributed by atoms with Crippen LogP contribution in [0.3, 0.4) is 0 Å². The fourth-order valence-corrected chi connectivity index (χ4v) is 5.08. The number of aromatic nitrogens is 1. The van der Waals surface area contributed by atoms with Crippen molar-refractivity contribution in [1.82, 2.24) is 4.98 Å². The smallest absolute Gasteiger partial charge is 0.362 e. The van der Waals surface area contributed by atoms with E-state index < -0.39 is 29.2 Å². The van der Waals surface area contributed by atoms with Gasteiger partial charge in [-0.05, 0) is 51.3 Å². The molecule has 42 heavy (non-hydrogen) atoms. The van der Waals surface area contributed by atoms with Crippen LogP contribution in [0.25, 0.3) is 0 Å². The van der Waals surface area contributed by atoms with Crippen LogP contribution in [0.1, 0.15) is 57.0 Å². The van der Waals surface area contributed by atoms with Gasteiger partial charge < -0.3 is 19.6 Å². The predicted molar refractivity (Wildman–Crippen MR) is 165 cm³/mol. The number of hydrogen-bond acceptors (Lipinski definition) is 9. The monoisotopic (exact) mass is 585 g/mol. The van der Waals surface area contributed by atoms with E-state index in [1.807, 2.05) is 54.6 Å². The molecule has 3 aromatic carbocycles. The molecule has 8 nitrogen and oxygen atoms in total. The molecule has 0 bridgehead atoms. The normalized spacial score (nSPS) is 12.7. The molecule has 0 saturated heterocycles. The zero-order chi connectivity index (χ0) is 30.2. The third-order valence-corrected chi connectivity index (χ3v) is 6.93. The van der Waals surface area contributed by atoms with E-state index in [-0.39, 0.29) is 18.0 Å². The SMILES string of the molecule is CCOC(=O)C(=NOC(C)C(=O)OC(C)(C)C)c1csc(NC(c2ccccc2)(c2ccccc2)c2ccccc2)n1. The maximum Gasteiger partial charge on any atom is 0.362 e. The molecule has 1 heterocycles.